The number of nitro groups is 1. The Balaban J connectivity index is 2.40. The van der Waals surface area contributed by atoms with Gasteiger partial charge >= 0.3 is 5.69 Å². The van der Waals surface area contributed by atoms with Gasteiger partial charge in [-0.3, -0.25) is 10.1 Å². The van der Waals surface area contributed by atoms with Crippen LogP contribution in [0.4, 0.5) is 15.9 Å². The maximum Gasteiger partial charge on any atom is 0.314 e. The minimum Gasteiger partial charge on any atom is -0.428 e. The minimum absolute atomic E-state index is 0.00699. The molecule has 1 N–H and O–H groups in total. The van der Waals surface area contributed by atoms with Crippen LogP contribution in [0.1, 0.15) is 0 Å². The number of hydrogen-bond acceptors (Lipinski definition) is 6. The number of nitrogens with zero attached hydrogens (tertiary/aromatic N) is 3. The fourth-order valence-corrected chi connectivity index (χ4v) is 1.38. The van der Waals surface area contributed by atoms with E-state index in [-0.39, 0.29) is 5.88 Å². The molecule has 0 saturated heterocycles. The molecule has 2 rings (SSSR count). The molecule has 0 fully saturated rings. The second-order valence-corrected chi connectivity index (χ2v) is 3.44. The Morgan fingerprint density at radius 3 is 2.89 bits per heavy atom. The van der Waals surface area contributed by atoms with Crippen LogP contribution in [0.2, 0.25) is 0 Å². The number of nitrogens with one attached hydrogen (secondary N) is 1. The van der Waals surface area contributed by atoms with Gasteiger partial charge in [0.25, 0.3) is 0 Å². The van der Waals surface area contributed by atoms with Crippen LogP contribution >= 0.6 is 0 Å². The Morgan fingerprint density at radius 2 is 2.21 bits per heavy atom. The zero-order chi connectivity index (χ0) is 13.8. The van der Waals surface area contributed by atoms with Gasteiger partial charge in [-0.1, -0.05) is 6.07 Å². The maximum absolute atomic E-state index is 13.6. The summed E-state index contributed by atoms with van der Waals surface area (Å²) in [6, 6.07) is 4.86. The number of ether oxygens (including phenoxy) is 1. The first-order chi connectivity index (χ1) is 9.11. The van der Waals surface area contributed by atoms with Crippen molar-refractivity contribution in [1.29, 1.82) is 0 Å². The molecule has 98 valence electrons. The molecule has 0 bridgehead atoms. The molecular weight excluding hydrogens is 255 g/mol. The molecule has 19 heavy (non-hydrogen) atoms. The highest BCUT2D eigenvalue weighted by Crippen LogP contribution is 2.33. The highest BCUT2D eigenvalue weighted by atomic mass is 19.1. The van der Waals surface area contributed by atoms with E-state index in [1.54, 1.807) is 7.05 Å². The van der Waals surface area contributed by atoms with E-state index < -0.39 is 22.2 Å². The summed E-state index contributed by atoms with van der Waals surface area (Å²) >= 11 is 0. The van der Waals surface area contributed by atoms with Crippen molar-refractivity contribution in [3.05, 3.63) is 46.5 Å². The van der Waals surface area contributed by atoms with Gasteiger partial charge in [0.15, 0.2) is 5.82 Å². The summed E-state index contributed by atoms with van der Waals surface area (Å²) in [5.74, 6) is -0.858. The number of para-hydroxylation sites is 1. The molecular formula is C11H9FN4O3. The van der Waals surface area contributed by atoms with E-state index in [0.717, 1.165) is 12.1 Å². The van der Waals surface area contributed by atoms with Gasteiger partial charge in [-0.05, 0) is 6.07 Å². The van der Waals surface area contributed by atoms with E-state index in [4.69, 9.17) is 4.74 Å². The molecule has 1 aromatic carbocycles. The van der Waals surface area contributed by atoms with Crippen LogP contribution < -0.4 is 10.1 Å². The Labute approximate surface area is 107 Å². The Hall–Kier alpha value is -2.77. The van der Waals surface area contributed by atoms with Crippen LogP contribution in [0.5, 0.6) is 11.6 Å². The van der Waals surface area contributed by atoms with Crippen molar-refractivity contribution in [2.24, 2.45) is 0 Å². The monoisotopic (exact) mass is 264 g/mol. The number of nitro benzene ring substituents is 1. The van der Waals surface area contributed by atoms with Crippen LogP contribution in [0, 0.1) is 15.9 Å². The van der Waals surface area contributed by atoms with Crippen molar-refractivity contribution in [3.8, 4) is 11.6 Å². The van der Waals surface area contributed by atoms with Gasteiger partial charge in [0.05, 0.1) is 4.92 Å². The summed E-state index contributed by atoms with van der Waals surface area (Å²) in [5, 5.41) is 13.5. The van der Waals surface area contributed by atoms with E-state index in [1.165, 1.54) is 18.5 Å². The SMILES string of the molecule is CNc1cc(Oc2c(F)cccc2[N+](=O)[O-])ncn1. The van der Waals surface area contributed by atoms with Crippen LogP contribution in [0.15, 0.2) is 30.6 Å². The van der Waals surface area contributed by atoms with E-state index in [2.05, 4.69) is 15.3 Å². The summed E-state index contributed by atoms with van der Waals surface area (Å²) in [7, 11) is 1.64. The summed E-state index contributed by atoms with van der Waals surface area (Å²) in [6.07, 6.45) is 1.20. The molecule has 0 amide bonds. The molecule has 0 atom stereocenters. The zero-order valence-electron chi connectivity index (χ0n) is 9.83. The van der Waals surface area contributed by atoms with E-state index >= 15 is 0 Å². The van der Waals surface area contributed by atoms with Crippen molar-refractivity contribution >= 4 is 11.5 Å². The maximum atomic E-state index is 13.6. The first-order valence-electron chi connectivity index (χ1n) is 5.22. The summed E-state index contributed by atoms with van der Waals surface area (Å²) in [6.45, 7) is 0. The van der Waals surface area contributed by atoms with Crippen molar-refractivity contribution in [2.45, 2.75) is 0 Å². The van der Waals surface area contributed by atoms with Crippen LogP contribution in [0.3, 0.4) is 0 Å². The van der Waals surface area contributed by atoms with Gasteiger partial charge in [0.2, 0.25) is 11.6 Å². The van der Waals surface area contributed by atoms with E-state index in [1.807, 2.05) is 0 Å². The third kappa shape index (κ3) is 2.73. The molecule has 2 aromatic rings. The molecule has 1 aromatic heterocycles. The molecule has 0 radical (unpaired) electrons. The lowest BCUT2D eigenvalue weighted by Crippen LogP contribution is -1.99. The van der Waals surface area contributed by atoms with Gasteiger partial charge in [-0.2, -0.15) is 0 Å². The second kappa shape index (κ2) is 5.25. The van der Waals surface area contributed by atoms with Crippen molar-refractivity contribution in [3.63, 3.8) is 0 Å². The van der Waals surface area contributed by atoms with E-state index in [9.17, 15) is 14.5 Å². The summed E-state index contributed by atoms with van der Waals surface area (Å²) in [4.78, 5) is 17.7. The number of hydrogen-bond donors (Lipinski definition) is 1. The van der Waals surface area contributed by atoms with Crippen LogP contribution in [-0.2, 0) is 0 Å². The predicted molar refractivity (Wildman–Crippen MR) is 64.7 cm³/mol. The third-order valence-electron chi connectivity index (χ3n) is 2.25. The van der Waals surface area contributed by atoms with Gasteiger partial charge in [0, 0.05) is 19.2 Å². The largest absolute Gasteiger partial charge is 0.428 e. The van der Waals surface area contributed by atoms with Crippen LogP contribution in [-0.4, -0.2) is 21.9 Å². The smallest absolute Gasteiger partial charge is 0.314 e. The van der Waals surface area contributed by atoms with Gasteiger partial charge in [-0.15, -0.1) is 0 Å². The molecule has 1 heterocycles. The Morgan fingerprint density at radius 1 is 1.42 bits per heavy atom. The lowest BCUT2D eigenvalue weighted by molar-refractivity contribution is -0.385. The number of rotatable bonds is 4. The van der Waals surface area contributed by atoms with Crippen molar-refractivity contribution < 1.29 is 14.1 Å². The zero-order valence-corrected chi connectivity index (χ0v) is 9.83. The molecule has 0 saturated carbocycles. The Bertz CT molecular complexity index is 621. The first-order valence-corrected chi connectivity index (χ1v) is 5.22. The minimum atomic E-state index is -0.834. The number of aromatic nitrogens is 2. The number of halogens is 1. The van der Waals surface area contributed by atoms with Crippen molar-refractivity contribution in [2.75, 3.05) is 12.4 Å². The van der Waals surface area contributed by atoms with Crippen molar-refractivity contribution in [1.82, 2.24) is 9.97 Å². The highest BCUT2D eigenvalue weighted by Gasteiger charge is 2.20. The molecule has 0 unspecified atom stereocenters. The molecule has 0 aliphatic rings. The molecule has 0 aliphatic heterocycles. The van der Waals surface area contributed by atoms with Gasteiger partial charge in [0.1, 0.15) is 12.1 Å². The quantitative estimate of drug-likeness (QED) is 0.673. The lowest BCUT2D eigenvalue weighted by atomic mass is 10.3. The van der Waals surface area contributed by atoms with Crippen LogP contribution in [0.25, 0.3) is 0 Å². The number of benzene rings is 1. The normalized spacial score (nSPS) is 10.0. The fourth-order valence-electron chi connectivity index (χ4n) is 1.38. The molecule has 0 spiro atoms. The summed E-state index contributed by atoms with van der Waals surface area (Å²) in [5.41, 5.74) is -0.468. The highest BCUT2D eigenvalue weighted by molar-refractivity contribution is 5.49. The van der Waals surface area contributed by atoms with Gasteiger partial charge < -0.3 is 10.1 Å². The molecule has 7 nitrogen and oxygen atoms in total. The summed E-state index contributed by atoms with van der Waals surface area (Å²) < 4.78 is 18.7. The second-order valence-electron chi connectivity index (χ2n) is 3.44. The molecule has 8 heteroatoms. The lowest BCUT2D eigenvalue weighted by Gasteiger charge is -2.07. The third-order valence-corrected chi connectivity index (χ3v) is 2.25. The fraction of sp³-hybridized carbons (Fsp3) is 0.0909. The first kappa shape index (κ1) is 12.7. The Kier molecular flexibility index (Phi) is 3.51. The molecule has 0 aliphatic carbocycles. The van der Waals surface area contributed by atoms with Gasteiger partial charge in [-0.25, -0.2) is 14.4 Å². The average Bonchev–Trinajstić information content (AvgIpc) is 2.41. The standard InChI is InChI=1S/C11H9FN4O3/c1-13-9-5-10(15-6-14-9)19-11-7(12)3-2-4-8(11)16(17)18/h2-6H,1H3,(H,13,14,15). The predicted octanol–water partition coefficient (Wildman–Crippen LogP) is 2.36. The topological polar surface area (TPSA) is 90.2 Å². The van der Waals surface area contributed by atoms with E-state index in [0.29, 0.717) is 5.82 Å². The average molecular weight is 264 g/mol. The number of anilines is 1.